The minimum absolute atomic E-state index is 0.179. The number of aryl methyl sites for hydroxylation is 1. The number of pyridine rings is 1. The minimum Gasteiger partial charge on any atom is -0.489 e. The molecule has 2 atom stereocenters. The first-order valence-electron chi connectivity index (χ1n) is 14.0. The van der Waals surface area contributed by atoms with E-state index in [1.54, 1.807) is 6.07 Å². The normalized spacial score (nSPS) is 18.9. The highest BCUT2D eigenvalue weighted by Gasteiger charge is 2.44. The predicted octanol–water partition coefficient (Wildman–Crippen LogP) is 6.85. The third-order valence-corrected chi connectivity index (χ3v) is 7.72. The summed E-state index contributed by atoms with van der Waals surface area (Å²) in [6, 6.07) is 15.2. The molecule has 5 nitrogen and oxygen atoms in total. The highest BCUT2D eigenvalue weighted by Crippen LogP contribution is 2.56. The van der Waals surface area contributed by atoms with Crippen LogP contribution in [0, 0.1) is 18.7 Å². The highest BCUT2D eigenvalue weighted by atomic mass is 19.1. The van der Waals surface area contributed by atoms with Crippen molar-refractivity contribution < 1.29 is 18.7 Å². The molecule has 2 fully saturated rings. The molecule has 2 unspecified atom stereocenters. The molecule has 0 bridgehead atoms. The maximum Gasteiger partial charge on any atom is 0.222 e. The Bertz CT molecular complexity index is 1310. The Balaban J connectivity index is 0.00000144. The number of benzene rings is 2. The van der Waals surface area contributed by atoms with Crippen molar-refractivity contribution in [3.63, 3.8) is 0 Å². The van der Waals surface area contributed by atoms with E-state index in [9.17, 15) is 9.18 Å². The van der Waals surface area contributed by atoms with Crippen LogP contribution in [0.25, 0.3) is 11.1 Å². The van der Waals surface area contributed by atoms with Gasteiger partial charge in [-0.15, -0.1) is 0 Å². The molecular formula is C32H37FN2O3. The molecule has 3 aromatic rings. The zero-order chi connectivity index (χ0) is 26.6. The molecule has 1 aromatic heterocycles. The first kappa shape index (κ1) is 26.2. The lowest BCUT2D eigenvalue weighted by molar-refractivity contribution is -0.127. The van der Waals surface area contributed by atoms with Crippen LogP contribution in [0.5, 0.6) is 11.6 Å². The zero-order valence-corrected chi connectivity index (χ0v) is 22.6. The minimum atomic E-state index is -0.275. The molecule has 2 heterocycles. The number of rotatable bonds is 9. The van der Waals surface area contributed by atoms with Gasteiger partial charge in [0.2, 0.25) is 11.8 Å². The van der Waals surface area contributed by atoms with Crippen molar-refractivity contribution >= 4 is 5.91 Å². The highest BCUT2D eigenvalue weighted by molar-refractivity contribution is 5.78. The second-order valence-electron chi connectivity index (χ2n) is 10.2. The van der Waals surface area contributed by atoms with E-state index in [0.29, 0.717) is 24.5 Å². The van der Waals surface area contributed by atoms with E-state index >= 15 is 0 Å². The third kappa shape index (κ3) is 5.69. The third-order valence-electron chi connectivity index (χ3n) is 7.72. The summed E-state index contributed by atoms with van der Waals surface area (Å²) in [7, 11) is 0. The SMILES string of the molecule is CC.Cc1nc(OCCCN2CCCC2=O)ccc1-c1ccc(F)c(COc2ccc3c(c2)CC2CC32)c1. The predicted molar refractivity (Wildman–Crippen MR) is 147 cm³/mol. The fraction of sp³-hybridized carbons (Fsp3) is 0.438. The van der Waals surface area contributed by atoms with E-state index in [0.717, 1.165) is 66.8 Å². The van der Waals surface area contributed by atoms with Gasteiger partial charge in [0.25, 0.3) is 0 Å². The van der Waals surface area contributed by atoms with Gasteiger partial charge >= 0.3 is 0 Å². The lowest BCUT2D eigenvalue weighted by Gasteiger charge is -2.15. The van der Waals surface area contributed by atoms with Gasteiger partial charge in [0.05, 0.1) is 6.61 Å². The number of ether oxygens (including phenoxy) is 2. The molecule has 1 saturated heterocycles. The second kappa shape index (κ2) is 11.5. The number of hydrogen-bond donors (Lipinski definition) is 0. The molecule has 0 radical (unpaired) electrons. The van der Waals surface area contributed by atoms with Gasteiger partial charge in [-0.25, -0.2) is 9.37 Å². The summed E-state index contributed by atoms with van der Waals surface area (Å²) >= 11 is 0. The van der Waals surface area contributed by atoms with E-state index in [-0.39, 0.29) is 18.3 Å². The molecule has 0 spiro atoms. The number of amides is 1. The standard InChI is InChI=1S/C30H31FN2O3.C2H6/c1-19-25(8-10-29(32-19)35-13-3-12-33-11-2-4-30(33)34)20-5-9-28(31)23(14-20)18-36-24-6-7-26-21(16-24)15-22-17-27(22)26;1-2/h5-10,14,16,22,27H,2-4,11-13,15,17-18H2,1H3;1-2H3. The summed E-state index contributed by atoms with van der Waals surface area (Å²) in [5.74, 6) is 2.91. The van der Waals surface area contributed by atoms with Crippen LogP contribution in [0.15, 0.2) is 48.5 Å². The van der Waals surface area contributed by atoms with Crippen molar-refractivity contribution in [2.45, 2.75) is 65.4 Å². The summed E-state index contributed by atoms with van der Waals surface area (Å²) in [5.41, 5.74) is 6.02. The molecule has 200 valence electrons. The quantitative estimate of drug-likeness (QED) is 0.292. The van der Waals surface area contributed by atoms with Crippen molar-refractivity contribution in [1.82, 2.24) is 9.88 Å². The Morgan fingerprint density at radius 2 is 1.95 bits per heavy atom. The Labute approximate surface area is 225 Å². The van der Waals surface area contributed by atoms with Crippen LogP contribution in [0.3, 0.4) is 0 Å². The van der Waals surface area contributed by atoms with Crippen LogP contribution < -0.4 is 9.47 Å². The number of halogens is 1. The van der Waals surface area contributed by atoms with Crippen molar-refractivity contribution in [1.29, 1.82) is 0 Å². The molecule has 2 aromatic carbocycles. The monoisotopic (exact) mass is 516 g/mol. The number of carbonyl (C=O) groups is 1. The Morgan fingerprint density at radius 1 is 1.08 bits per heavy atom. The van der Waals surface area contributed by atoms with Crippen molar-refractivity contribution in [2.24, 2.45) is 5.92 Å². The molecule has 1 saturated carbocycles. The Kier molecular flexibility index (Phi) is 7.96. The number of aromatic nitrogens is 1. The smallest absolute Gasteiger partial charge is 0.222 e. The number of likely N-dealkylation sites (tertiary alicyclic amines) is 1. The van der Waals surface area contributed by atoms with Gasteiger partial charge in [-0.1, -0.05) is 26.0 Å². The summed E-state index contributed by atoms with van der Waals surface area (Å²) in [6.07, 6.45) is 4.86. The molecule has 0 N–H and O–H groups in total. The first-order valence-corrected chi connectivity index (χ1v) is 14.0. The lowest BCUT2D eigenvalue weighted by Crippen LogP contribution is -2.26. The second-order valence-corrected chi connectivity index (χ2v) is 10.2. The van der Waals surface area contributed by atoms with Gasteiger partial charge in [0.1, 0.15) is 18.2 Å². The Hall–Kier alpha value is -3.41. The fourth-order valence-electron chi connectivity index (χ4n) is 5.66. The van der Waals surface area contributed by atoms with Gasteiger partial charge in [0, 0.05) is 42.4 Å². The summed E-state index contributed by atoms with van der Waals surface area (Å²) in [6.45, 7) is 8.20. The van der Waals surface area contributed by atoms with Gasteiger partial charge in [0.15, 0.2) is 0 Å². The van der Waals surface area contributed by atoms with E-state index in [1.807, 2.05) is 49.9 Å². The van der Waals surface area contributed by atoms with E-state index in [1.165, 1.54) is 23.6 Å². The average Bonchev–Trinajstić information content (AvgIpc) is 3.42. The molecule has 1 aliphatic heterocycles. The lowest BCUT2D eigenvalue weighted by atomic mass is 10.0. The molecule has 3 aliphatic rings. The van der Waals surface area contributed by atoms with E-state index in [4.69, 9.17) is 9.47 Å². The van der Waals surface area contributed by atoms with Crippen molar-refractivity contribution in [3.8, 4) is 22.8 Å². The van der Waals surface area contributed by atoms with Crippen LogP contribution in [-0.4, -0.2) is 35.5 Å². The largest absolute Gasteiger partial charge is 0.489 e. The van der Waals surface area contributed by atoms with Crippen LogP contribution in [0.4, 0.5) is 4.39 Å². The first-order chi connectivity index (χ1) is 18.5. The maximum atomic E-state index is 14.6. The average molecular weight is 517 g/mol. The van der Waals surface area contributed by atoms with Gasteiger partial charge in [-0.3, -0.25) is 4.79 Å². The fourth-order valence-corrected chi connectivity index (χ4v) is 5.66. The number of carbonyl (C=O) groups excluding carboxylic acids is 1. The molecule has 6 rings (SSSR count). The van der Waals surface area contributed by atoms with E-state index in [2.05, 4.69) is 17.1 Å². The number of hydrogen-bond acceptors (Lipinski definition) is 4. The molecule has 2 aliphatic carbocycles. The number of nitrogens with zero attached hydrogens (tertiary/aromatic N) is 2. The molecular weight excluding hydrogens is 479 g/mol. The van der Waals surface area contributed by atoms with Crippen molar-refractivity contribution in [2.75, 3.05) is 19.7 Å². The van der Waals surface area contributed by atoms with Crippen LogP contribution in [0.2, 0.25) is 0 Å². The Morgan fingerprint density at radius 3 is 2.74 bits per heavy atom. The zero-order valence-electron chi connectivity index (χ0n) is 22.6. The van der Waals surface area contributed by atoms with Gasteiger partial charge in [-0.2, -0.15) is 0 Å². The number of fused-ring (bicyclic) bond motifs is 3. The maximum absolute atomic E-state index is 14.6. The van der Waals surface area contributed by atoms with Crippen LogP contribution >= 0.6 is 0 Å². The van der Waals surface area contributed by atoms with Gasteiger partial charge in [-0.05, 0) is 91.5 Å². The topological polar surface area (TPSA) is 51.7 Å². The van der Waals surface area contributed by atoms with Crippen LogP contribution in [0.1, 0.15) is 67.8 Å². The van der Waals surface area contributed by atoms with Gasteiger partial charge < -0.3 is 14.4 Å². The summed E-state index contributed by atoms with van der Waals surface area (Å²) in [4.78, 5) is 18.2. The summed E-state index contributed by atoms with van der Waals surface area (Å²) in [5, 5.41) is 0. The molecule has 1 amide bonds. The van der Waals surface area contributed by atoms with Crippen molar-refractivity contribution in [3.05, 3.63) is 76.7 Å². The summed E-state index contributed by atoms with van der Waals surface area (Å²) < 4.78 is 26.4. The van der Waals surface area contributed by atoms with E-state index < -0.39 is 0 Å². The molecule has 38 heavy (non-hydrogen) atoms. The van der Waals surface area contributed by atoms with Crippen LogP contribution in [-0.2, 0) is 17.8 Å². The molecule has 6 heteroatoms.